The predicted molar refractivity (Wildman–Crippen MR) is 124 cm³/mol. The SMILES string of the molecule is CCC(NC(=O)/C(C#N)=C\NCCc1ccccc1Br)c1ccc2c(c1)CCCC2. The topological polar surface area (TPSA) is 64.9 Å². The van der Waals surface area contributed by atoms with E-state index < -0.39 is 0 Å². The number of hydrogen-bond donors (Lipinski definition) is 2. The van der Waals surface area contributed by atoms with Gasteiger partial charge in [0.25, 0.3) is 5.91 Å². The van der Waals surface area contributed by atoms with Gasteiger partial charge >= 0.3 is 0 Å². The Morgan fingerprint density at radius 1 is 1.20 bits per heavy atom. The fourth-order valence-electron chi connectivity index (χ4n) is 3.86. The molecule has 1 amide bonds. The summed E-state index contributed by atoms with van der Waals surface area (Å²) >= 11 is 3.53. The number of fused-ring (bicyclic) bond motifs is 1. The van der Waals surface area contributed by atoms with Crippen molar-refractivity contribution in [2.75, 3.05) is 6.54 Å². The maximum absolute atomic E-state index is 12.7. The van der Waals surface area contributed by atoms with Gasteiger partial charge < -0.3 is 10.6 Å². The first-order valence-corrected chi connectivity index (χ1v) is 11.4. The number of amides is 1. The van der Waals surface area contributed by atoms with Gasteiger partial charge in [0.15, 0.2) is 0 Å². The number of benzene rings is 2. The summed E-state index contributed by atoms with van der Waals surface area (Å²) in [7, 11) is 0. The first-order chi connectivity index (χ1) is 14.6. The van der Waals surface area contributed by atoms with Crippen molar-refractivity contribution in [1.82, 2.24) is 10.6 Å². The van der Waals surface area contributed by atoms with Crippen LogP contribution < -0.4 is 10.6 Å². The van der Waals surface area contributed by atoms with Crippen LogP contribution in [0, 0.1) is 11.3 Å². The Balaban J connectivity index is 1.59. The average molecular weight is 466 g/mol. The number of halogens is 1. The Bertz CT molecular complexity index is 961. The molecule has 5 heteroatoms. The van der Waals surface area contributed by atoms with Gasteiger partial charge in [-0.05, 0) is 66.8 Å². The molecule has 0 fully saturated rings. The zero-order valence-electron chi connectivity index (χ0n) is 17.4. The minimum Gasteiger partial charge on any atom is -0.389 e. The highest BCUT2D eigenvalue weighted by Crippen LogP contribution is 2.26. The minimum atomic E-state index is -0.338. The van der Waals surface area contributed by atoms with Crippen LogP contribution in [-0.4, -0.2) is 12.5 Å². The van der Waals surface area contributed by atoms with Crippen molar-refractivity contribution in [3.8, 4) is 6.07 Å². The molecule has 0 radical (unpaired) electrons. The maximum atomic E-state index is 12.7. The highest BCUT2D eigenvalue weighted by atomic mass is 79.9. The van der Waals surface area contributed by atoms with Crippen molar-refractivity contribution >= 4 is 21.8 Å². The van der Waals surface area contributed by atoms with Gasteiger partial charge in [-0.2, -0.15) is 5.26 Å². The molecule has 1 atom stereocenters. The van der Waals surface area contributed by atoms with E-state index in [1.165, 1.54) is 35.7 Å². The lowest BCUT2D eigenvalue weighted by Crippen LogP contribution is -2.30. The van der Waals surface area contributed by atoms with E-state index in [-0.39, 0.29) is 17.5 Å². The van der Waals surface area contributed by atoms with Crippen molar-refractivity contribution in [3.63, 3.8) is 0 Å². The fourth-order valence-corrected chi connectivity index (χ4v) is 4.34. The summed E-state index contributed by atoms with van der Waals surface area (Å²) in [5, 5.41) is 15.6. The third-order valence-electron chi connectivity index (χ3n) is 5.60. The monoisotopic (exact) mass is 465 g/mol. The largest absolute Gasteiger partial charge is 0.389 e. The van der Waals surface area contributed by atoms with Gasteiger partial charge in [-0.1, -0.05) is 59.3 Å². The molecule has 0 aromatic heterocycles. The van der Waals surface area contributed by atoms with Gasteiger partial charge in [-0.3, -0.25) is 4.79 Å². The lowest BCUT2D eigenvalue weighted by Gasteiger charge is -2.21. The van der Waals surface area contributed by atoms with Gasteiger partial charge in [0.1, 0.15) is 11.6 Å². The Hall–Kier alpha value is -2.58. The van der Waals surface area contributed by atoms with Gasteiger partial charge in [0.2, 0.25) is 0 Å². The number of nitrogens with one attached hydrogen (secondary N) is 2. The van der Waals surface area contributed by atoms with Crippen molar-refractivity contribution in [1.29, 1.82) is 5.26 Å². The second-order valence-corrected chi connectivity index (χ2v) is 8.49. The smallest absolute Gasteiger partial charge is 0.263 e. The Morgan fingerprint density at radius 3 is 2.70 bits per heavy atom. The molecule has 0 saturated heterocycles. The molecule has 0 spiro atoms. The molecule has 0 aliphatic heterocycles. The number of carbonyl (C=O) groups is 1. The van der Waals surface area contributed by atoms with E-state index in [1.807, 2.05) is 24.3 Å². The van der Waals surface area contributed by atoms with Crippen molar-refractivity contribution in [2.45, 2.75) is 51.5 Å². The summed E-state index contributed by atoms with van der Waals surface area (Å²) in [4.78, 5) is 12.7. The summed E-state index contributed by atoms with van der Waals surface area (Å²) < 4.78 is 1.06. The molecule has 0 saturated carbocycles. The predicted octanol–water partition coefficient (Wildman–Crippen LogP) is 5.13. The molecule has 2 aromatic carbocycles. The number of carbonyl (C=O) groups excluding carboxylic acids is 1. The van der Waals surface area contributed by atoms with Crippen LogP contribution in [0.5, 0.6) is 0 Å². The Kier molecular flexibility index (Phi) is 8.10. The van der Waals surface area contributed by atoms with Crippen LogP contribution in [0.25, 0.3) is 0 Å². The standard InChI is InChI=1S/C25H28BrN3O/c1-2-24(21-12-11-18-7-3-4-9-20(18)15-21)29-25(30)22(16-27)17-28-14-13-19-8-5-6-10-23(19)26/h5-6,8,10-12,15,17,24,28H,2-4,7,9,13-14H2,1H3,(H,29,30)/b22-17-. The third-order valence-corrected chi connectivity index (χ3v) is 6.37. The van der Waals surface area contributed by atoms with E-state index >= 15 is 0 Å². The van der Waals surface area contributed by atoms with E-state index in [0.717, 1.165) is 35.7 Å². The highest BCUT2D eigenvalue weighted by Gasteiger charge is 2.18. The van der Waals surface area contributed by atoms with Crippen LogP contribution in [0.4, 0.5) is 0 Å². The van der Waals surface area contributed by atoms with Crippen LogP contribution in [0.15, 0.2) is 58.7 Å². The zero-order chi connectivity index (χ0) is 21.3. The summed E-state index contributed by atoms with van der Waals surface area (Å²) in [6.45, 7) is 2.69. The van der Waals surface area contributed by atoms with Crippen molar-refractivity contribution < 1.29 is 4.79 Å². The molecule has 1 aliphatic rings. The van der Waals surface area contributed by atoms with E-state index in [1.54, 1.807) is 0 Å². The number of rotatable bonds is 8. The summed E-state index contributed by atoms with van der Waals surface area (Å²) in [5.74, 6) is -0.338. The molecule has 1 unspecified atom stereocenters. The second-order valence-electron chi connectivity index (χ2n) is 7.63. The van der Waals surface area contributed by atoms with Gasteiger partial charge in [0, 0.05) is 17.2 Å². The molecule has 3 rings (SSSR count). The number of hydrogen-bond acceptors (Lipinski definition) is 3. The fraction of sp³-hybridized carbons (Fsp3) is 0.360. The van der Waals surface area contributed by atoms with E-state index in [2.05, 4.69) is 57.8 Å². The molecular formula is C25H28BrN3O. The summed E-state index contributed by atoms with van der Waals surface area (Å²) in [6.07, 6.45) is 7.83. The molecule has 0 heterocycles. The summed E-state index contributed by atoms with van der Waals surface area (Å²) in [6, 6.07) is 16.5. The van der Waals surface area contributed by atoms with Gasteiger partial charge in [0.05, 0.1) is 6.04 Å². The van der Waals surface area contributed by atoms with Crippen LogP contribution >= 0.6 is 15.9 Å². The van der Waals surface area contributed by atoms with Crippen LogP contribution in [0.3, 0.4) is 0 Å². The number of nitriles is 1. The molecule has 30 heavy (non-hydrogen) atoms. The molecule has 2 N–H and O–H groups in total. The molecule has 156 valence electrons. The van der Waals surface area contributed by atoms with Crippen LogP contribution in [0.1, 0.15) is 54.5 Å². The quantitative estimate of drug-likeness (QED) is 0.322. The molecular weight excluding hydrogens is 438 g/mol. The minimum absolute atomic E-state index is 0.0956. The van der Waals surface area contributed by atoms with E-state index in [9.17, 15) is 10.1 Å². The van der Waals surface area contributed by atoms with Gasteiger partial charge in [-0.15, -0.1) is 0 Å². The molecule has 2 aromatic rings. The van der Waals surface area contributed by atoms with Crippen molar-refractivity contribution in [3.05, 3.63) is 81.0 Å². The average Bonchev–Trinajstić information content (AvgIpc) is 2.78. The van der Waals surface area contributed by atoms with E-state index in [0.29, 0.717) is 6.54 Å². The Labute approximate surface area is 187 Å². The number of aryl methyl sites for hydroxylation is 2. The van der Waals surface area contributed by atoms with Crippen LogP contribution in [-0.2, 0) is 24.1 Å². The summed E-state index contributed by atoms with van der Waals surface area (Å²) in [5.41, 5.74) is 5.22. The highest BCUT2D eigenvalue weighted by molar-refractivity contribution is 9.10. The van der Waals surface area contributed by atoms with Gasteiger partial charge in [-0.25, -0.2) is 0 Å². The molecule has 4 nitrogen and oxygen atoms in total. The Morgan fingerprint density at radius 2 is 1.97 bits per heavy atom. The molecule has 1 aliphatic carbocycles. The second kappa shape index (κ2) is 11.0. The number of nitrogens with zero attached hydrogens (tertiary/aromatic N) is 1. The van der Waals surface area contributed by atoms with Crippen LogP contribution in [0.2, 0.25) is 0 Å². The molecule has 0 bridgehead atoms. The van der Waals surface area contributed by atoms with Crippen molar-refractivity contribution in [2.24, 2.45) is 0 Å². The zero-order valence-corrected chi connectivity index (χ0v) is 19.0. The first kappa shape index (κ1) is 22.1. The maximum Gasteiger partial charge on any atom is 0.263 e. The van der Waals surface area contributed by atoms with E-state index in [4.69, 9.17) is 0 Å². The lowest BCUT2D eigenvalue weighted by atomic mass is 9.88. The first-order valence-electron chi connectivity index (χ1n) is 10.6. The lowest BCUT2D eigenvalue weighted by molar-refractivity contribution is -0.117. The normalized spacial score (nSPS) is 14.4. The third kappa shape index (κ3) is 5.73.